The third-order valence-electron chi connectivity index (χ3n) is 3.07. The highest BCUT2D eigenvalue weighted by Crippen LogP contribution is 2.17. The highest BCUT2D eigenvalue weighted by atomic mass is 32.2. The van der Waals surface area contributed by atoms with Crippen molar-refractivity contribution in [3.05, 3.63) is 59.7 Å². The lowest BCUT2D eigenvalue weighted by molar-refractivity contribution is 0.112. The van der Waals surface area contributed by atoms with E-state index in [0.29, 0.717) is 17.5 Å². The summed E-state index contributed by atoms with van der Waals surface area (Å²) >= 11 is 0. The van der Waals surface area contributed by atoms with Crippen molar-refractivity contribution in [3.8, 4) is 0 Å². The number of aldehydes is 1. The molecule has 5 heteroatoms. The number of hydrogen-bond donors (Lipinski definition) is 1. The molecule has 2 aromatic rings. The minimum Gasteiger partial charge on any atom is -0.298 e. The molecule has 0 spiro atoms. The smallest absolute Gasteiger partial charge is 0.261 e. The van der Waals surface area contributed by atoms with Crippen LogP contribution in [0.3, 0.4) is 0 Å². The van der Waals surface area contributed by atoms with Crippen LogP contribution in [0.1, 0.15) is 29.3 Å². The lowest BCUT2D eigenvalue weighted by Gasteiger charge is -2.09. The number of anilines is 1. The summed E-state index contributed by atoms with van der Waals surface area (Å²) in [4.78, 5) is 10.8. The summed E-state index contributed by atoms with van der Waals surface area (Å²) in [6.07, 6.45) is 2.67. The van der Waals surface area contributed by atoms with E-state index < -0.39 is 10.0 Å². The van der Waals surface area contributed by atoms with E-state index in [9.17, 15) is 13.2 Å². The van der Waals surface area contributed by atoms with Crippen molar-refractivity contribution in [2.45, 2.75) is 24.7 Å². The highest BCUT2D eigenvalue weighted by Gasteiger charge is 2.13. The summed E-state index contributed by atoms with van der Waals surface area (Å²) < 4.78 is 27.0. The molecule has 0 heterocycles. The molecule has 0 aromatic heterocycles. The maximum Gasteiger partial charge on any atom is 0.261 e. The van der Waals surface area contributed by atoms with Crippen LogP contribution in [0.15, 0.2) is 53.4 Å². The topological polar surface area (TPSA) is 63.2 Å². The first kappa shape index (κ1) is 15.3. The van der Waals surface area contributed by atoms with Gasteiger partial charge < -0.3 is 0 Å². The van der Waals surface area contributed by atoms with Crippen LogP contribution in [0.2, 0.25) is 0 Å². The Hall–Kier alpha value is -2.14. The second-order valence-corrected chi connectivity index (χ2v) is 6.42. The van der Waals surface area contributed by atoms with Gasteiger partial charge in [0.1, 0.15) is 6.29 Å². The molecule has 1 N–H and O–H groups in total. The Morgan fingerprint density at radius 1 is 1.00 bits per heavy atom. The summed E-state index contributed by atoms with van der Waals surface area (Å²) in [5.41, 5.74) is 2.05. The number of hydrogen-bond acceptors (Lipinski definition) is 3. The normalized spacial score (nSPS) is 11.1. The minimum atomic E-state index is -3.60. The molecular formula is C16H17NO3S. The Bertz CT molecular complexity index is 704. The first-order valence-corrected chi connectivity index (χ1v) is 8.20. The van der Waals surface area contributed by atoms with Crippen molar-refractivity contribution in [2.75, 3.05) is 4.72 Å². The van der Waals surface area contributed by atoms with Gasteiger partial charge in [-0.2, -0.15) is 0 Å². The summed E-state index contributed by atoms with van der Waals surface area (Å²) in [5, 5.41) is 0. The first-order chi connectivity index (χ1) is 10.0. The maximum atomic E-state index is 12.2. The van der Waals surface area contributed by atoms with E-state index in [1.807, 2.05) is 12.1 Å². The molecule has 0 bridgehead atoms. The van der Waals surface area contributed by atoms with E-state index >= 15 is 0 Å². The molecule has 0 atom stereocenters. The Labute approximate surface area is 124 Å². The molecule has 0 aliphatic rings. The average molecular weight is 303 g/mol. The molecule has 0 fully saturated rings. The van der Waals surface area contributed by atoms with E-state index in [-0.39, 0.29) is 4.90 Å². The Kier molecular flexibility index (Phi) is 4.75. The van der Waals surface area contributed by atoms with E-state index in [1.54, 1.807) is 36.4 Å². The SMILES string of the molecule is CCCc1ccc(S(=O)(=O)Nc2ccc(C=O)cc2)cc1. The van der Waals surface area contributed by atoms with Crippen LogP contribution in [0, 0.1) is 0 Å². The van der Waals surface area contributed by atoms with Gasteiger partial charge in [-0.15, -0.1) is 0 Å². The fraction of sp³-hybridized carbons (Fsp3) is 0.188. The number of rotatable bonds is 6. The van der Waals surface area contributed by atoms with Gasteiger partial charge in [0.25, 0.3) is 10.0 Å². The van der Waals surface area contributed by atoms with Crippen molar-refractivity contribution < 1.29 is 13.2 Å². The largest absolute Gasteiger partial charge is 0.298 e. The summed E-state index contributed by atoms with van der Waals surface area (Å²) in [6, 6.07) is 13.1. The molecule has 2 aromatic carbocycles. The fourth-order valence-electron chi connectivity index (χ4n) is 1.97. The Morgan fingerprint density at radius 3 is 2.14 bits per heavy atom. The molecule has 2 rings (SSSR count). The molecule has 0 aliphatic carbocycles. The summed E-state index contributed by atoms with van der Waals surface area (Å²) in [6.45, 7) is 2.08. The molecule has 0 unspecified atom stereocenters. The average Bonchev–Trinajstić information content (AvgIpc) is 2.48. The number of nitrogens with one attached hydrogen (secondary N) is 1. The van der Waals surface area contributed by atoms with Crippen molar-refractivity contribution in [2.24, 2.45) is 0 Å². The van der Waals surface area contributed by atoms with Gasteiger partial charge in [-0.1, -0.05) is 25.5 Å². The van der Waals surface area contributed by atoms with Gasteiger partial charge in [0.15, 0.2) is 0 Å². The number of carbonyl (C=O) groups is 1. The third-order valence-corrected chi connectivity index (χ3v) is 4.47. The van der Waals surface area contributed by atoms with Gasteiger partial charge in [0, 0.05) is 11.3 Å². The van der Waals surface area contributed by atoms with Crippen LogP contribution >= 0.6 is 0 Å². The van der Waals surface area contributed by atoms with E-state index in [4.69, 9.17) is 0 Å². The predicted molar refractivity (Wildman–Crippen MR) is 83.1 cm³/mol. The first-order valence-electron chi connectivity index (χ1n) is 6.72. The van der Waals surface area contributed by atoms with Gasteiger partial charge in [-0.3, -0.25) is 9.52 Å². The van der Waals surface area contributed by atoms with Crippen LogP contribution in [-0.2, 0) is 16.4 Å². The van der Waals surface area contributed by atoms with Crippen LogP contribution in [0.25, 0.3) is 0 Å². The monoisotopic (exact) mass is 303 g/mol. The van der Waals surface area contributed by atoms with Gasteiger partial charge in [0.2, 0.25) is 0 Å². The van der Waals surface area contributed by atoms with Crippen molar-refractivity contribution >= 4 is 22.0 Å². The molecule has 21 heavy (non-hydrogen) atoms. The molecular weight excluding hydrogens is 286 g/mol. The number of carbonyl (C=O) groups excluding carboxylic acids is 1. The van der Waals surface area contributed by atoms with Gasteiger partial charge >= 0.3 is 0 Å². The number of sulfonamides is 1. The molecule has 0 amide bonds. The predicted octanol–water partition coefficient (Wildman–Crippen LogP) is 3.25. The van der Waals surface area contributed by atoms with Crippen molar-refractivity contribution in [1.29, 1.82) is 0 Å². The molecule has 0 aliphatic heterocycles. The van der Waals surface area contributed by atoms with Gasteiger partial charge in [-0.05, 0) is 48.4 Å². The van der Waals surface area contributed by atoms with Crippen LogP contribution < -0.4 is 4.72 Å². The standard InChI is InChI=1S/C16H17NO3S/c1-2-3-13-6-10-16(11-7-13)21(19,20)17-15-8-4-14(12-18)5-9-15/h4-12,17H,2-3H2,1H3. The molecule has 4 nitrogen and oxygen atoms in total. The fourth-order valence-corrected chi connectivity index (χ4v) is 3.03. The van der Waals surface area contributed by atoms with E-state index in [2.05, 4.69) is 11.6 Å². The van der Waals surface area contributed by atoms with E-state index in [1.165, 1.54) is 0 Å². The quantitative estimate of drug-likeness (QED) is 0.833. The van der Waals surface area contributed by atoms with Crippen molar-refractivity contribution in [3.63, 3.8) is 0 Å². The zero-order valence-electron chi connectivity index (χ0n) is 11.7. The molecule has 0 saturated heterocycles. The van der Waals surface area contributed by atoms with E-state index in [0.717, 1.165) is 18.4 Å². The van der Waals surface area contributed by atoms with Gasteiger partial charge in [0.05, 0.1) is 4.90 Å². The Morgan fingerprint density at radius 2 is 1.62 bits per heavy atom. The second-order valence-electron chi connectivity index (χ2n) is 4.74. The maximum absolute atomic E-state index is 12.2. The minimum absolute atomic E-state index is 0.224. The Balaban J connectivity index is 2.18. The highest BCUT2D eigenvalue weighted by molar-refractivity contribution is 7.92. The van der Waals surface area contributed by atoms with Gasteiger partial charge in [-0.25, -0.2) is 8.42 Å². The third kappa shape index (κ3) is 3.92. The van der Waals surface area contributed by atoms with Crippen LogP contribution in [-0.4, -0.2) is 14.7 Å². The lowest BCUT2D eigenvalue weighted by atomic mass is 10.1. The van der Waals surface area contributed by atoms with Crippen LogP contribution in [0.5, 0.6) is 0 Å². The number of benzene rings is 2. The molecule has 110 valence electrons. The zero-order chi connectivity index (χ0) is 15.3. The molecule has 0 saturated carbocycles. The molecule has 0 radical (unpaired) electrons. The summed E-state index contributed by atoms with van der Waals surface area (Å²) in [7, 11) is -3.60. The van der Waals surface area contributed by atoms with Crippen LogP contribution in [0.4, 0.5) is 5.69 Å². The lowest BCUT2D eigenvalue weighted by Crippen LogP contribution is -2.12. The number of aryl methyl sites for hydroxylation is 1. The second kappa shape index (κ2) is 6.54. The van der Waals surface area contributed by atoms with Crippen molar-refractivity contribution in [1.82, 2.24) is 0 Å². The summed E-state index contributed by atoms with van der Waals surface area (Å²) in [5.74, 6) is 0. The zero-order valence-corrected chi connectivity index (χ0v) is 12.6.